The Morgan fingerprint density at radius 3 is 2.51 bits per heavy atom. The quantitative estimate of drug-likeness (QED) is 0.387. The van der Waals surface area contributed by atoms with Crippen LogP contribution in [0.2, 0.25) is 10.0 Å². The van der Waals surface area contributed by atoms with E-state index in [1.165, 1.54) is 5.56 Å². The predicted molar refractivity (Wildman–Crippen MR) is 141 cm³/mol. The van der Waals surface area contributed by atoms with Gasteiger partial charge < -0.3 is 10.1 Å². The van der Waals surface area contributed by atoms with E-state index in [0.29, 0.717) is 35.1 Å². The molecule has 1 N–H and O–H groups in total. The van der Waals surface area contributed by atoms with Gasteiger partial charge in [-0.15, -0.1) is 0 Å². The summed E-state index contributed by atoms with van der Waals surface area (Å²) in [5, 5.41) is 4.70. The number of halogens is 2. The summed E-state index contributed by atoms with van der Waals surface area (Å²) in [7, 11) is 3.70. The molecule has 0 saturated heterocycles. The van der Waals surface area contributed by atoms with E-state index in [-0.39, 0.29) is 24.7 Å². The second-order valence-electron chi connectivity index (χ2n) is 8.94. The van der Waals surface area contributed by atoms with Gasteiger partial charge in [-0.25, -0.2) is 9.97 Å². The lowest BCUT2D eigenvalue weighted by Crippen LogP contribution is -2.32. The van der Waals surface area contributed by atoms with Gasteiger partial charge in [0.15, 0.2) is 0 Å². The lowest BCUT2D eigenvalue weighted by Gasteiger charge is -2.25. The van der Waals surface area contributed by atoms with Gasteiger partial charge in [0.25, 0.3) is 0 Å². The number of fused-ring (bicyclic) bond motifs is 1. The Hall–Kier alpha value is -2.67. The minimum atomic E-state index is -0.332. The van der Waals surface area contributed by atoms with Crippen molar-refractivity contribution in [3.63, 3.8) is 0 Å². The Morgan fingerprint density at radius 1 is 1.09 bits per heavy atom. The molecule has 8 heteroatoms. The number of nitrogens with one attached hydrogen (secondary N) is 1. The van der Waals surface area contributed by atoms with Gasteiger partial charge in [0.1, 0.15) is 11.9 Å². The highest BCUT2D eigenvalue weighted by atomic mass is 35.5. The van der Waals surface area contributed by atoms with Gasteiger partial charge in [0.2, 0.25) is 0 Å². The third kappa shape index (κ3) is 5.61. The number of anilines is 1. The molecule has 3 aromatic rings. The van der Waals surface area contributed by atoms with Crippen molar-refractivity contribution in [3.8, 4) is 11.3 Å². The highest BCUT2D eigenvalue weighted by molar-refractivity contribution is 6.36. The zero-order valence-electron chi connectivity index (χ0n) is 20.4. The number of hydrogen-bond donors (Lipinski definition) is 1. The molecule has 1 aromatic heterocycles. The molecule has 0 unspecified atom stereocenters. The highest BCUT2D eigenvalue weighted by Gasteiger charge is 2.36. The molecule has 184 valence electrons. The third-order valence-corrected chi connectivity index (χ3v) is 6.65. The van der Waals surface area contributed by atoms with E-state index >= 15 is 0 Å². The molecule has 4 rings (SSSR count). The third-order valence-electron chi connectivity index (χ3n) is 6.10. The van der Waals surface area contributed by atoms with Crippen LogP contribution in [0, 0.1) is 0 Å². The number of rotatable bonds is 8. The normalized spacial score (nSPS) is 16.9. The van der Waals surface area contributed by atoms with Crippen LogP contribution in [0.25, 0.3) is 11.3 Å². The first-order valence-corrected chi connectivity index (χ1v) is 12.6. The van der Waals surface area contributed by atoms with Crippen molar-refractivity contribution in [2.75, 3.05) is 26.0 Å². The second-order valence-corrected chi connectivity index (χ2v) is 9.78. The smallest absolute Gasteiger partial charge is 0.320 e. The lowest BCUT2D eigenvalue weighted by molar-refractivity contribution is -0.150. The molecule has 2 atom stereocenters. The van der Waals surface area contributed by atoms with E-state index in [0.717, 1.165) is 28.2 Å². The largest absolute Gasteiger partial charge is 0.458 e. The van der Waals surface area contributed by atoms with Crippen molar-refractivity contribution < 1.29 is 9.53 Å². The molecule has 0 fully saturated rings. The number of carbonyl (C=O) groups is 1. The minimum Gasteiger partial charge on any atom is -0.458 e. The minimum absolute atomic E-state index is 0.216. The summed E-state index contributed by atoms with van der Waals surface area (Å²) in [5.74, 6) is 0.455. The maximum atomic E-state index is 12.5. The zero-order chi connectivity index (χ0) is 25.1. The van der Waals surface area contributed by atoms with Crippen molar-refractivity contribution >= 4 is 35.0 Å². The number of carbonyl (C=O) groups excluding carboxylic acids is 1. The standard InChI is InChI=1S/C27H30Cl2N4O2/c1-5-21-25(19-12-11-17(28)14-20(19)29)30-22(6-2)27(31-21)32-26-18-10-8-7-9-16(18)13-23(26)35-24(34)15-33(3)4/h7-12,14,23,26H,5-6,13,15H2,1-4H3,(H,31,32)/t23-,26+/m0/s1. The SMILES string of the molecule is CCc1nc(-c2ccc(Cl)cc2Cl)c(CC)nc1N[C@@H]1c2ccccc2C[C@@H]1OC(=O)CN(C)C. The zero-order valence-corrected chi connectivity index (χ0v) is 22.0. The van der Waals surface area contributed by atoms with Crippen LogP contribution in [0.5, 0.6) is 0 Å². The molecule has 1 aliphatic rings. The first-order valence-electron chi connectivity index (χ1n) is 11.8. The van der Waals surface area contributed by atoms with Gasteiger partial charge in [-0.2, -0.15) is 0 Å². The highest BCUT2D eigenvalue weighted by Crippen LogP contribution is 2.38. The van der Waals surface area contributed by atoms with Crippen LogP contribution >= 0.6 is 23.2 Å². The van der Waals surface area contributed by atoms with Gasteiger partial charge in [-0.1, -0.05) is 61.3 Å². The molecule has 0 spiro atoms. The summed E-state index contributed by atoms with van der Waals surface area (Å²) in [6, 6.07) is 13.4. The first kappa shape index (κ1) is 25.4. The van der Waals surface area contributed by atoms with Crippen LogP contribution in [-0.2, 0) is 28.8 Å². The maximum Gasteiger partial charge on any atom is 0.320 e. The van der Waals surface area contributed by atoms with E-state index in [1.807, 2.05) is 57.1 Å². The van der Waals surface area contributed by atoms with Gasteiger partial charge >= 0.3 is 5.97 Å². The summed E-state index contributed by atoms with van der Waals surface area (Å²) >= 11 is 12.6. The van der Waals surface area contributed by atoms with Crippen LogP contribution in [0.3, 0.4) is 0 Å². The van der Waals surface area contributed by atoms with Crippen molar-refractivity contribution in [1.29, 1.82) is 0 Å². The molecule has 1 heterocycles. The van der Waals surface area contributed by atoms with E-state index in [1.54, 1.807) is 6.07 Å². The van der Waals surface area contributed by atoms with Crippen LogP contribution in [-0.4, -0.2) is 47.6 Å². The van der Waals surface area contributed by atoms with Crippen LogP contribution in [0.1, 0.15) is 42.4 Å². The Balaban J connectivity index is 1.71. The number of aryl methyl sites for hydroxylation is 2. The van der Waals surface area contributed by atoms with E-state index < -0.39 is 0 Å². The molecule has 0 amide bonds. The first-order chi connectivity index (χ1) is 16.8. The average molecular weight is 513 g/mol. The predicted octanol–water partition coefficient (Wildman–Crippen LogP) is 5.76. The Morgan fingerprint density at radius 2 is 1.83 bits per heavy atom. The van der Waals surface area contributed by atoms with Crippen LogP contribution < -0.4 is 5.32 Å². The summed E-state index contributed by atoms with van der Waals surface area (Å²) in [4.78, 5) is 24.3. The lowest BCUT2D eigenvalue weighted by atomic mass is 10.1. The van der Waals surface area contributed by atoms with Crippen molar-refractivity contribution in [2.45, 2.75) is 45.3 Å². The molecular weight excluding hydrogens is 483 g/mol. The molecule has 0 aliphatic heterocycles. The number of aromatic nitrogens is 2. The number of benzene rings is 2. The Kier molecular flexibility index (Phi) is 7.95. The van der Waals surface area contributed by atoms with Crippen LogP contribution in [0.15, 0.2) is 42.5 Å². The molecular formula is C27H30Cl2N4O2. The second kappa shape index (κ2) is 10.9. The number of esters is 1. The van der Waals surface area contributed by atoms with Crippen molar-refractivity contribution in [3.05, 3.63) is 75.0 Å². The summed E-state index contributed by atoms with van der Waals surface area (Å²) in [5.41, 5.74) is 5.51. The van der Waals surface area contributed by atoms with E-state index in [9.17, 15) is 4.79 Å². The van der Waals surface area contributed by atoms with Gasteiger partial charge in [-0.05, 0) is 56.3 Å². The van der Waals surface area contributed by atoms with Crippen molar-refractivity contribution in [1.82, 2.24) is 14.9 Å². The fourth-order valence-electron chi connectivity index (χ4n) is 4.46. The van der Waals surface area contributed by atoms with E-state index in [4.69, 9.17) is 37.9 Å². The molecule has 1 aliphatic carbocycles. The molecule has 6 nitrogen and oxygen atoms in total. The van der Waals surface area contributed by atoms with Crippen molar-refractivity contribution in [2.24, 2.45) is 0 Å². The topological polar surface area (TPSA) is 67.4 Å². The fraction of sp³-hybridized carbons (Fsp3) is 0.370. The van der Waals surface area contributed by atoms with Crippen LogP contribution in [0.4, 0.5) is 5.82 Å². The molecule has 0 radical (unpaired) electrons. The molecule has 0 bridgehead atoms. The average Bonchev–Trinajstić information content (AvgIpc) is 3.15. The number of nitrogens with zero attached hydrogens (tertiary/aromatic N) is 3. The number of likely N-dealkylation sites (N-methyl/N-ethyl adjacent to an activating group) is 1. The molecule has 2 aromatic carbocycles. The summed E-state index contributed by atoms with van der Waals surface area (Å²) in [6.45, 7) is 4.32. The Bertz CT molecular complexity index is 1230. The summed E-state index contributed by atoms with van der Waals surface area (Å²) < 4.78 is 5.92. The monoisotopic (exact) mass is 512 g/mol. The fourth-order valence-corrected chi connectivity index (χ4v) is 4.96. The molecule has 35 heavy (non-hydrogen) atoms. The van der Waals surface area contributed by atoms with Gasteiger partial charge in [0.05, 0.1) is 34.7 Å². The Labute approximate surface area is 216 Å². The summed E-state index contributed by atoms with van der Waals surface area (Å²) in [6.07, 6.45) is 1.68. The molecule has 0 saturated carbocycles. The number of ether oxygens (including phenoxy) is 1. The van der Waals surface area contributed by atoms with Gasteiger partial charge in [0, 0.05) is 17.0 Å². The van der Waals surface area contributed by atoms with Gasteiger partial charge in [-0.3, -0.25) is 9.69 Å². The maximum absolute atomic E-state index is 12.5. The number of hydrogen-bond acceptors (Lipinski definition) is 6. The van der Waals surface area contributed by atoms with E-state index in [2.05, 4.69) is 17.4 Å².